The Kier molecular flexibility index (Phi) is 6.49. The number of pyridine rings is 1. The maximum absolute atomic E-state index is 13.1. The van der Waals surface area contributed by atoms with Gasteiger partial charge in [-0.1, -0.05) is 0 Å². The van der Waals surface area contributed by atoms with E-state index in [0.29, 0.717) is 35.0 Å². The summed E-state index contributed by atoms with van der Waals surface area (Å²) < 4.78 is 29.6. The van der Waals surface area contributed by atoms with Gasteiger partial charge in [-0.05, 0) is 51.8 Å². The van der Waals surface area contributed by atoms with Crippen LogP contribution in [0.4, 0.5) is 14.7 Å². The zero-order valence-electron chi connectivity index (χ0n) is 21.3. The number of imidazole rings is 1. The van der Waals surface area contributed by atoms with Crippen LogP contribution < -0.4 is 5.32 Å². The minimum Gasteiger partial charge on any atom is -0.350 e. The molecule has 0 radical (unpaired) electrons. The zero-order valence-corrected chi connectivity index (χ0v) is 21.3. The number of piperazine rings is 1. The van der Waals surface area contributed by atoms with Crippen molar-refractivity contribution in [3.05, 3.63) is 36.5 Å². The van der Waals surface area contributed by atoms with Crippen molar-refractivity contribution in [2.24, 2.45) is 0 Å². The zero-order chi connectivity index (χ0) is 25.5. The Labute approximate surface area is 214 Å². The van der Waals surface area contributed by atoms with Gasteiger partial charge in [0.05, 0.1) is 23.8 Å². The number of halogens is 2. The monoisotopic (exact) mass is 509 g/mol. The van der Waals surface area contributed by atoms with E-state index in [1.165, 1.54) is 30.5 Å². The molecule has 6 rings (SSSR count). The fraction of sp³-hybridized carbons (Fsp3) is 0.538. The van der Waals surface area contributed by atoms with E-state index in [1.54, 1.807) is 13.1 Å². The van der Waals surface area contributed by atoms with E-state index < -0.39 is 13.0 Å². The molecular weight excluding hydrogens is 476 g/mol. The molecule has 1 aliphatic heterocycles. The minimum absolute atomic E-state index is 0.376. The van der Waals surface area contributed by atoms with Crippen molar-refractivity contribution >= 4 is 22.6 Å². The van der Waals surface area contributed by atoms with Crippen LogP contribution in [0.3, 0.4) is 0 Å². The molecule has 0 amide bonds. The topological polar surface area (TPSA) is 79.4 Å². The fourth-order valence-electron chi connectivity index (χ4n) is 5.80. The Bertz CT molecular complexity index is 1380. The van der Waals surface area contributed by atoms with Gasteiger partial charge in [0.1, 0.15) is 5.82 Å². The number of hydrogen-bond acceptors (Lipinski definition) is 7. The van der Waals surface area contributed by atoms with Crippen LogP contribution in [0.2, 0.25) is 0 Å². The minimum atomic E-state index is -2.46. The molecular formula is C26H33F2N9. The lowest BCUT2D eigenvalue weighted by Gasteiger charge is -2.41. The highest BCUT2D eigenvalue weighted by atomic mass is 19.3. The number of nitrogens with one attached hydrogen (secondary N) is 1. The van der Waals surface area contributed by atoms with E-state index in [9.17, 15) is 8.78 Å². The molecule has 0 bridgehead atoms. The fourth-order valence-corrected chi connectivity index (χ4v) is 5.80. The number of aryl methyl sites for hydroxylation is 1. The summed E-state index contributed by atoms with van der Waals surface area (Å²) in [7, 11) is 2.20. The number of nitrogens with zero attached hydrogens (tertiary/aromatic N) is 8. The number of fused-ring (bicyclic) bond motifs is 2. The summed E-state index contributed by atoms with van der Waals surface area (Å²) in [6.07, 6.45) is 7.61. The second kappa shape index (κ2) is 9.94. The summed E-state index contributed by atoms with van der Waals surface area (Å²) in [5.41, 5.74) is 3.62. The molecule has 37 heavy (non-hydrogen) atoms. The highest BCUT2D eigenvalue weighted by Gasteiger charge is 2.28. The molecule has 1 saturated carbocycles. The second-order valence-electron chi connectivity index (χ2n) is 10.4. The van der Waals surface area contributed by atoms with Gasteiger partial charge in [-0.25, -0.2) is 28.2 Å². The predicted molar refractivity (Wildman–Crippen MR) is 139 cm³/mol. The van der Waals surface area contributed by atoms with Gasteiger partial charge in [0.2, 0.25) is 5.95 Å². The SMILES string of the molecule is Cc1nc2ncc(-c3ccn4nc(N[C@H]5CC[C@H](N6CCN(C)CC6)CC5)ncc34)cc2n1CC(F)F. The maximum atomic E-state index is 13.1. The van der Waals surface area contributed by atoms with Crippen LogP contribution >= 0.6 is 0 Å². The number of alkyl halides is 2. The summed E-state index contributed by atoms with van der Waals surface area (Å²) in [6, 6.07) is 4.89. The molecule has 1 aliphatic carbocycles. The lowest BCUT2D eigenvalue weighted by molar-refractivity contribution is 0.0893. The summed E-state index contributed by atoms with van der Waals surface area (Å²) >= 11 is 0. The molecule has 1 saturated heterocycles. The normalized spacial score (nSPS) is 21.9. The quantitative estimate of drug-likeness (QED) is 0.425. The van der Waals surface area contributed by atoms with E-state index in [4.69, 9.17) is 5.10 Å². The van der Waals surface area contributed by atoms with Crippen molar-refractivity contribution in [3.63, 3.8) is 0 Å². The maximum Gasteiger partial charge on any atom is 0.256 e. The first-order chi connectivity index (χ1) is 17.9. The highest BCUT2D eigenvalue weighted by molar-refractivity contribution is 5.85. The van der Waals surface area contributed by atoms with E-state index in [-0.39, 0.29) is 0 Å². The number of aromatic nitrogens is 6. The molecule has 5 heterocycles. The van der Waals surface area contributed by atoms with E-state index >= 15 is 0 Å². The molecule has 4 aromatic rings. The lowest BCUT2D eigenvalue weighted by atomic mass is 9.90. The van der Waals surface area contributed by atoms with Gasteiger partial charge in [-0.15, -0.1) is 5.10 Å². The molecule has 0 atom stereocenters. The molecule has 1 N–H and O–H groups in total. The van der Waals surface area contributed by atoms with E-state index in [1.807, 2.05) is 29.0 Å². The van der Waals surface area contributed by atoms with Crippen LogP contribution in [0.1, 0.15) is 31.5 Å². The second-order valence-corrected chi connectivity index (χ2v) is 10.4. The van der Waals surface area contributed by atoms with Crippen molar-refractivity contribution in [1.82, 2.24) is 38.9 Å². The van der Waals surface area contributed by atoms with Crippen LogP contribution in [0.15, 0.2) is 30.7 Å². The Balaban J connectivity index is 1.16. The van der Waals surface area contributed by atoms with Crippen LogP contribution in [-0.2, 0) is 6.54 Å². The highest BCUT2D eigenvalue weighted by Crippen LogP contribution is 2.29. The third kappa shape index (κ3) is 4.89. The van der Waals surface area contributed by atoms with Crippen molar-refractivity contribution < 1.29 is 8.78 Å². The smallest absolute Gasteiger partial charge is 0.256 e. The average molecular weight is 510 g/mol. The lowest BCUT2D eigenvalue weighted by Crippen LogP contribution is -2.50. The van der Waals surface area contributed by atoms with Gasteiger partial charge in [0.15, 0.2) is 5.65 Å². The molecule has 196 valence electrons. The van der Waals surface area contributed by atoms with Crippen LogP contribution in [-0.4, -0.2) is 90.7 Å². The predicted octanol–water partition coefficient (Wildman–Crippen LogP) is 3.69. The molecule has 2 aliphatic rings. The summed E-state index contributed by atoms with van der Waals surface area (Å²) in [6.45, 7) is 5.98. The molecule has 2 fully saturated rings. The van der Waals surface area contributed by atoms with E-state index in [0.717, 1.165) is 42.6 Å². The van der Waals surface area contributed by atoms with Gasteiger partial charge in [0, 0.05) is 61.8 Å². The van der Waals surface area contributed by atoms with Gasteiger partial charge in [-0.3, -0.25) is 4.90 Å². The van der Waals surface area contributed by atoms with Crippen LogP contribution in [0.5, 0.6) is 0 Å². The van der Waals surface area contributed by atoms with Gasteiger partial charge in [0.25, 0.3) is 6.43 Å². The first-order valence-electron chi connectivity index (χ1n) is 13.1. The number of rotatable bonds is 6. The van der Waals surface area contributed by atoms with Gasteiger partial charge in [-0.2, -0.15) is 0 Å². The van der Waals surface area contributed by atoms with Gasteiger partial charge < -0.3 is 14.8 Å². The third-order valence-electron chi connectivity index (χ3n) is 7.93. The number of anilines is 1. The molecule has 9 nitrogen and oxygen atoms in total. The van der Waals surface area contributed by atoms with Crippen molar-refractivity contribution in [2.45, 2.75) is 57.7 Å². The summed E-state index contributed by atoms with van der Waals surface area (Å²) in [5.74, 6) is 1.15. The van der Waals surface area contributed by atoms with Crippen LogP contribution in [0.25, 0.3) is 27.8 Å². The van der Waals surface area contributed by atoms with Crippen LogP contribution in [0, 0.1) is 6.92 Å². The van der Waals surface area contributed by atoms with Gasteiger partial charge >= 0.3 is 0 Å². The molecule has 4 aromatic heterocycles. The Hall–Kier alpha value is -3.18. The van der Waals surface area contributed by atoms with E-state index in [2.05, 4.69) is 37.1 Å². The largest absolute Gasteiger partial charge is 0.350 e. The first kappa shape index (κ1) is 24.2. The van der Waals surface area contributed by atoms with Crippen molar-refractivity contribution in [1.29, 1.82) is 0 Å². The first-order valence-corrected chi connectivity index (χ1v) is 13.1. The Morgan fingerprint density at radius 1 is 1.03 bits per heavy atom. The summed E-state index contributed by atoms with van der Waals surface area (Å²) in [5, 5.41) is 8.24. The summed E-state index contributed by atoms with van der Waals surface area (Å²) in [4.78, 5) is 18.4. The van der Waals surface area contributed by atoms with Crippen molar-refractivity contribution in [3.8, 4) is 11.1 Å². The Morgan fingerprint density at radius 3 is 2.57 bits per heavy atom. The number of hydrogen-bond donors (Lipinski definition) is 1. The third-order valence-corrected chi connectivity index (χ3v) is 7.93. The molecule has 0 unspecified atom stereocenters. The molecule has 11 heteroatoms. The molecule has 0 spiro atoms. The molecule has 0 aromatic carbocycles. The average Bonchev–Trinajstić information content (AvgIpc) is 3.45. The standard InChI is InChI=1S/C26H33F2N9/c1-17-31-25-22(36(17)16-24(27)28)13-18(14-29-25)21-7-8-37-23(21)15-30-26(33-37)32-19-3-5-20(6-4-19)35-11-9-34(2)10-12-35/h7-8,13-15,19-20,24H,3-6,9-12,16H2,1-2H3,(H,32,33)/t19-,20-. The number of likely N-dealkylation sites (N-methyl/N-ethyl adjacent to an activating group) is 1. The van der Waals surface area contributed by atoms with Crippen molar-refractivity contribution in [2.75, 3.05) is 38.5 Å². The Morgan fingerprint density at radius 2 is 1.81 bits per heavy atom.